The number of aryl methyl sites for hydroxylation is 2. The van der Waals surface area contributed by atoms with Crippen LogP contribution in [0.4, 0.5) is 16.2 Å². The van der Waals surface area contributed by atoms with Crippen molar-refractivity contribution < 1.29 is 28.8 Å². The lowest BCUT2D eigenvalue weighted by atomic mass is 9.88. The van der Waals surface area contributed by atoms with Crippen molar-refractivity contribution in [3.8, 4) is 5.75 Å². The topological polar surface area (TPSA) is 137 Å². The van der Waals surface area contributed by atoms with Crippen LogP contribution in [0.1, 0.15) is 63.0 Å². The highest BCUT2D eigenvalue weighted by Gasteiger charge is 2.32. The molecule has 0 spiro atoms. The SMILES string of the molecule is Cc1noc(C)c1NC(=O)N(C)C[C@@H]1Oc2ccc(NC(=O)C3CCCCC3)cc2CC(=O)N([C@H](C)CO)C[C@@H]1C. The second-order valence-corrected chi connectivity index (χ2v) is 11.5. The maximum absolute atomic E-state index is 13.5. The average Bonchev–Trinajstić information content (AvgIpc) is 3.29. The van der Waals surface area contributed by atoms with Crippen molar-refractivity contribution in [3.05, 3.63) is 35.2 Å². The molecular weight excluding hydrogens is 526 g/mol. The Balaban J connectivity index is 1.57. The molecule has 4 amide bonds. The number of hydrogen-bond donors (Lipinski definition) is 3. The summed E-state index contributed by atoms with van der Waals surface area (Å²) >= 11 is 0. The van der Waals surface area contributed by atoms with Gasteiger partial charge in [0, 0.05) is 36.7 Å². The van der Waals surface area contributed by atoms with E-state index in [0.717, 1.165) is 25.7 Å². The number of anilines is 2. The number of fused-ring (bicyclic) bond motifs is 1. The first-order valence-electron chi connectivity index (χ1n) is 14.5. The van der Waals surface area contributed by atoms with E-state index in [2.05, 4.69) is 15.8 Å². The van der Waals surface area contributed by atoms with E-state index >= 15 is 0 Å². The van der Waals surface area contributed by atoms with Crippen LogP contribution in [-0.2, 0) is 16.0 Å². The molecule has 2 aliphatic rings. The normalized spacial score (nSPS) is 20.6. The lowest BCUT2D eigenvalue weighted by molar-refractivity contribution is -0.134. The summed E-state index contributed by atoms with van der Waals surface area (Å²) in [5.41, 5.74) is 2.39. The van der Waals surface area contributed by atoms with Gasteiger partial charge < -0.3 is 34.8 Å². The molecule has 41 heavy (non-hydrogen) atoms. The smallest absolute Gasteiger partial charge is 0.321 e. The van der Waals surface area contributed by atoms with Gasteiger partial charge in [-0.2, -0.15) is 0 Å². The number of aliphatic hydroxyl groups is 1. The van der Waals surface area contributed by atoms with Gasteiger partial charge in [-0.05, 0) is 51.8 Å². The maximum Gasteiger partial charge on any atom is 0.321 e. The van der Waals surface area contributed by atoms with Crippen LogP contribution in [0.15, 0.2) is 22.7 Å². The molecule has 3 N–H and O–H groups in total. The third-order valence-electron chi connectivity index (χ3n) is 8.23. The Labute approximate surface area is 241 Å². The molecule has 4 rings (SSSR count). The van der Waals surface area contributed by atoms with E-state index in [0.29, 0.717) is 40.7 Å². The monoisotopic (exact) mass is 569 g/mol. The summed E-state index contributed by atoms with van der Waals surface area (Å²) in [4.78, 5) is 42.6. The molecule has 11 heteroatoms. The van der Waals surface area contributed by atoms with Crippen molar-refractivity contribution in [2.75, 3.05) is 37.4 Å². The fraction of sp³-hybridized carbons (Fsp3) is 0.600. The molecule has 0 radical (unpaired) electrons. The Morgan fingerprint density at radius 2 is 1.93 bits per heavy atom. The lowest BCUT2D eigenvalue weighted by Gasteiger charge is -2.34. The van der Waals surface area contributed by atoms with E-state index in [1.54, 1.807) is 44.0 Å². The van der Waals surface area contributed by atoms with Crippen LogP contribution in [-0.4, -0.2) is 76.8 Å². The summed E-state index contributed by atoms with van der Waals surface area (Å²) in [5.74, 6) is 0.758. The van der Waals surface area contributed by atoms with Crippen molar-refractivity contribution in [3.63, 3.8) is 0 Å². The van der Waals surface area contributed by atoms with Crippen LogP contribution >= 0.6 is 0 Å². The molecule has 1 aliphatic carbocycles. The highest BCUT2D eigenvalue weighted by atomic mass is 16.5. The van der Waals surface area contributed by atoms with Crippen LogP contribution in [0.3, 0.4) is 0 Å². The number of rotatable bonds is 7. The first-order valence-corrected chi connectivity index (χ1v) is 14.5. The van der Waals surface area contributed by atoms with Gasteiger partial charge in [-0.25, -0.2) is 4.79 Å². The highest BCUT2D eigenvalue weighted by molar-refractivity contribution is 5.93. The highest BCUT2D eigenvalue weighted by Crippen LogP contribution is 2.31. The molecule has 1 fully saturated rings. The lowest BCUT2D eigenvalue weighted by Crippen LogP contribution is -2.48. The van der Waals surface area contributed by atoms with Crippen LogP contribution in [0, 0.1) is 25.7 Å². The van der Waals surface area contributed by atoms with Crippen molar-refractivity contribution in [1.82, 2.24) is 15.0 Å². The maximum atomic E-state index is 13.5. The predicted octanol–water partition coefficient (Wildman–Crippen LogP) is 4.12. The van der Waals surface area contributed by atoms with Crippen LogP contribution in [0.25, 0.3) is 0 Å². The van der Waals surface area contributed by atoms with Crippen molar-refractivity contribution in [2.24, 2.45) is 11.8 Å². The minimum Gasteiger partial charge on any atom is -0.488 e. The second kappa shape index (κ2) is 13.4. The zero-order chi connectivity index (χ0) is 29.7. The van der Waals surface area contributed by atoms with E-state index < -0.39 is 6.10 Å². The summed E-state index contributed by atoms with van der Waals surface area (Å²) < 4.78 is 11.7. The first-order chi connectivity index (χ1) is 19.6. The van der Waals surface area contributed by atoms with Gasteiger partial charge in [0.1, 0.15) is 23.2 Å². The van der Waals surface area contributed by atoms with Gasteiger partial charge in [0.05, 0.1) is 25.6 Å². The molecule has 1 aromatic carbocycles. The summed E-state index contributed by atoms with van der Waals surface area (Å²) in [7, 11) is 1.68. The van der Waals surface area contributed by atoms with E-state index in [4.69, 9.17) is 9.26 Å². The standard InChI is InChI=1S/C30H43N5O6/c1-18-15-35(19(2)17-36)27(37)14-23-13-24(31-29(38)22-9-7-6-8-10-22)11-12-25(23)40-26(18)16-34(5)30(39)32-28-20(3)33-41-21(28)4/h11-13,18-19,22,26,36H,6-10,14-17H2,1-5H3,(H,31,38)(H,32,39)/t18-,19+,26-/m0/s1. The van der Waals surface area contributed by atoms with Crippen LogP contribution < -0.4 is 15.4 Å². The molecule has 11 nitrogen and oxygen atoms in total. The van der Waals surface area contributed by atoms with Crippen LogP contribution in [0.2, 0.25) is 0 Å². The number of carbonyl (C=O) groups excluding carboxylic acids is 3. The van der Waals surface area contributed by atoms with E-state index in [1.807, 2.05) is 13.8 Å². The number of benzene rings is 1. The second-order valence-electron chi connectivity index (χ2n) is 11.5. The Bertz CT molecular complexity index is 1220. The molecule has 1 aromatic heterocycles. The van der Waals surface area contributed by atoms with Crippen molar-refractivity contribution in [1.29, 1.82) is 0 Å². The van der Waals surface area contributed by atoms with E-state index in [9.17, 15) is 19.5 Å². The molecule has 0 bridgehead atoms. The number of nitrogens with one attached hydrogen (secondary N) is 2. The average molecular weight is 570 g/mol. The van der Waals surface area contributed by atoms with Gasteiger partial charge in [0.15, 0.2) is 5.76 Å². The molecule has 3 atom stereocenters. The first kappa shape index (κ1) is 30.4. The molecular formula is C30H43N5O6. The summed E-state index contributed by atoms with van der Waals surface area (Å²) in [5, 5.41) is 19.7. The summed E-state index contributed by atoms with van der Waals surface area (Å²) in [6.45, 7) is 7.69. The number of nitrogens with zero attached hydrogens (tertiary/aromatic N) is 3. The largest absolute Gasteiger partial charge is 0.488 e. The van der Waals surface area contributed by atoms with Gasteiger partial charge in [-0.15, -0.1) is 0 Å². The number of hydrogen-bond acceptors (Lipinski definition) is 7. The Hall–Kier alpha value is -3.60. The van der Waals surface area contributed by atoms with Crippen molar-refractivity contribution >= 4 is 29.2 Å². The van der Waals surface area contributed by atoms with Gasteiger partial charge in [0.2, 0.25) is 11.8 Å². The number of ether oxygens (including phenoxy) is 1. The molecule has 1 saturated carbocycles. The summed E-state index contributed by atoms with van der Waals surface area (Å²) in [6, 6.07) is 4.66. The molecule has 224 valence electrons. The minimum absolute atomic E-state index is 0.00468. The summed E-state index contributed by atoms with van der Waals surface area (Å²) in [6.07, 6.45) is 4.68. The molecule has 1 aliphatic heterocycles. The molecule has 2 heterocycles. The van der Waals surface area contributed by atoms with Gasteiger partial charge in [-0.3, -0.25) is 9.59 Å². The fourth-order valence-corrected chi connectivity index (χ4v) is 5.55. The Morgan fingerprint density at radius 3 is 2.59 bits per heavy atom. The minimum atomic E-state index is -0.462. The molecule has 0 unspecified atom stereocenters. The van der Waals surface area contributed by atoms with E-state index in [-0.39, 0.29) is 55.3 Å². The molecule has 2 aromatic rings. The number of aliphatic hydroxyl groups excluding tert-OH is 1. The number of amides is 4. The Kier molecular flexibility index (Phi) is 9.90. The van der Waals surface area contributed by atoms with Crippen molar-refractivity contribution in [2.45, 2.75) is 78.4 Å². The number of likely N-dealkylation sites (N-methyl/N-ethyl adjacent to an activating group) is 1. The third-order valence-corrected chi connectivity index (χ3v) is 8.23. The molecule has 0 saturated heterocycles. The van der Waals surface area contributed by atoms with Gasteiger partial charge in [-0.1, -0.05) is 31.3 Å². The number of aromatic nitrogens is 1. The zero-order valence-electron chi connectivity index (χ0n) is 24.7. The van der Waals surface area contributed by atoms with Gasteiger partial charge in [0.25, 0.3) is 0 Å². The third kappa shape index (κ3) is 7.38. The number of urea groups is 1. The zero-order valence-corrected chi connectivity index (χ0v) is 24.7. The van der Waals surface area contributed by atoms with Gasteiger partial charge >= 0.3 is 6.03 Å². The Morgan fingerprint density at radius 1 is 1.20 bits per heavy atom. The fourth-order valence-electron chi connectivity index (χ4n) is 5.55. The van der Waals surface area contributed by atoms with E-state index in [1.165, 1.54) is 11.3 Å². The predicted molar refractivity (Wildman–Crippen MR) is 155 cm³/mol. The van der Waals surface area contributed by atoms with Crippen LogP contribution in [0.5, 0.6) is 5.75 Å². The quantitative estimate of drug-likeness (QED) is 0.456. The number of carbonyl (C=O) groups is 3.